The standard InChI is InChI=1S/C22H35N5O2/c1-2-16-12-23-22(24-13-16)26-19-7-6-17(21(28)25-18-4-3-5-18)14-27(15-19)20-8-10-29-11-9-20/h12-13,17-20H,2-11,14-15H2,1H3,(H,25,28)(H,23,24,26)/t17-,19+/m1/s1. The van der Waals surface area contributed by atoms with Crippen LogP contribution in [0.2, 0.25) is 0 Å². The van der Waals surface area contributed by atoms with Crippen LogP contribution in [0.15, 0.2) is 12.4 Å². The zero-order chi connectivity index (χ0) is 20.1. The van der Waals surface area contributed by atoms with Crippen molar-refractivity contribution >= 4 is 11.9 Å². The topological polar surface area (TPSA) is 79.4 Å². The Morgan fingerprint density at radius 3 is 2.48 bits per heavy atom. The quantitative estimate of drug-likeness (QED) is 0.762. The van der Waals surface area contributed by atoms with Crippen molar-refractivity contribution in [3.05, 3.63) is 18.0 Å². The van der Waals surface area contributed by atoms with Crippen molar-refractivity contribution in [3.8, 4) is 0 Å². The minimum atomic E-state index is 0.0635. The summed E-state index contributed by atoms with van der Waals surface area (Å²) in [6.07, 6.45) is 12.2. The summed E-state index contributed by atoms with van der Waals surface area (Å²) in [4.78, 5) is 24.4. The smallest absolute Gasteiger partial charge is 0.224 e. The average molecular weight is 402 g/mol. The van der Waals surface area contributed by atoms with Crippen LogP contribution < -0.4 is 10.6 Å². The number of aryl methyl sites for hydroxylation is 1. The summed E-state index contributed by atoms with van der Waals surface area (Å²) in [6.45, 7) is 5.52. The van der Waals surface area contributed by atoms with Crippen molar-refractivity contribution in [1.82, 2.24) is 20.2 Å². The van der Waals surface area contributed by atoms with Gasteiger partial charge in [-0.2, -0.15) is 0 Å². The number of nitrogens with one attached hydrogen (secondary N) is 2. The third kappa shape index (κ3) is 5.45. The van der Waals surface area contributed by atoms with Crippen molar-refractivity contribution < 1.29 is 9.53 Å². The van der Waals surface area contributed by atoms with E-state index in [1.54, 1.807) is 0 Å². The molecule has 1 aromatic heterocycles. The van der Waals surface area contributed by atoms with Crippen LogP contribution in [0.3, 0.4) is 0 Å². The molecular weight excluding hydrogens is 366 g/mol. The number of carbonyl (C=O) groups is 1. The average Bonchev–Trinajstić information content (AvgIpc) is 2.95. The van der Waals surface area contributed by atoms with Gasteiger partial charge in [0.05, 0.1) is 5.92 Å². The number of nitrogens with zero attached hydrogens (tertiary/aromatic N) is 3. The highest BCUT2D eigenvalue weighted by Crippen LogP contribution is 2.26. The zero-order valence-corrected chi connectivity index (χ0v) is 17.6. The van der Waals surface area contributed by atoms with Gasteiger partial charge in [0, 0.05) is 56.8 Å². The van der Waals surface area contributed by atoms with Crippen LogP contribution in [-0.4, -0.2) is 65.2 Å². The number of hydrogen-bond donors (Lipinski definition) is 2. The normalized spacial score (nSPS) is 27.1. The van der Waals surface area contributed by atoms with Crippen LogP contribution in [-0.2, 0) is 16.0 Å². The fraction of sp³-hybridized carbons (Fsp3) is 0.773. The maximum absolute atomic E-state index is 12.9. The minimum Gasteiger partial charge on any atom is -0.381 e. The number of anilines is 1. The number of rotatable bonds is 6. The molecule has 1 aliphatic carbocycles. The minimum absolute atomic E-state index is 0.0635. The Hall–Kier alpha value is -1.73. The molecule has 3 heterocycles. The highest BCUT2D eigenvalue weighted by atomic mass is 16.5. The van der Waals surface area contributed by atoms with E-state index in [9.17, 15) is 4.79 Å². The van der Waals surface area contributed by atoms with Gasteiger partial charge < -0.3 is 15.4 Å². The lowest BCUT2D eigenvalue weighted by molar-refractivity contribution is -0.127. The van der Waals surface area contributed by atoms with E-state index in [1.165, 1.54) is 6.42 Å². The van der Waals surface area contributed by atoms with Gasteiger partial charge in [-0.05, 0) is 56.9 Å². The molecule has 29 heavy (non-hydrogen) atoms. The lowest BCUT2D eigenvalue weighted by atomic mass is 9.91. The third-order valence-corrected chi connectivity index (χ3v) is 6.75. The van der Waals surface area contributed by atoms with Crippen LogP contribution in [0, 0.1) is 5.92 Å². The van der Waals surface area contributed by atoms with E-state index in [1.807, 2.05) is 12.4 Å². The summed E-state index contributed by atoms with van der Waals surface area (Å²) in [6, 6.07) is 1.15. The fourth-order valence-corrected chi connectivity index (χ4v) is 4.57. The van der Waals surface area contributed by atoms with Gasteiger partial charge in [0.1, 0.15) is 0 Å². The molecule has 0 bridgehead atoms. The van der Waals surface area contributed by atoms with Gasteiger partial charge in [-0.3, -0.25) is 9.69 Å². The molecule has 2 saturated heterocycles. The van der Waals surface area contributed by atoms with Crippen molar-refractivity contribution in [1.29, 1.82) is 0 Å². The maximum Gasteiger partial charge on any atom is 0.224 e. The van der Waals surface area contributed by atoms with Gasteiger partial charge >= 0.3 is 0 Å². The van der Waals surface area contributed by atoms with Crippen LogP contribution in [0.25, 0.3) is 0 Å². The second kappa shape index (κ2) is 9.85. The monoisotopic (exact) mass is 401 g/mol. The molecule has 160 valence electrons. The molecule has 0 unspecified atom stereocenters. The van der Waals surface area contributed by atoms with Gasteiger partial charge in [-0.15, -0.1) is 0 Å². The largest absolute Gasteiger partial charge is 0.381 e. The van der Waals surface area contributed by atoms with Crippen LogP contribution >= 0.6 is 0 Å². The highest BCUT2D eigenvalue weighted by Gasteiger charge is 2.34. The van der Waals surface area contributed by atoms with E-state index in [0.29, 0.717) is 18.0 Å². The highest BCUT2D eigenvalue weighted by molar-refractivity contribution is 5.79. The molecule has 3 fully saturated rings. The van der Waals surface area contributed by atoms with E-state index in [0.717, 1.165) is 76.8 Å². The molecule has 0 radical (unpaired) electrons. The van der Waals surface area contributed by atoms with Gasteiger partial charge in [0.2, 0.25) is 11.9 Å². The Morgan fingerprint density at radius 2 is 1.83 bits per heavy atom. The maximum atomic E-state index is 12.9. The first-order valence-corrected chi connectivity index (χ1v) is 11.4. The summed E-state index contributed by atoms with van der Waals surface area (Å²) in [7, 11) is 0. The van der Waals surface area contributed by atoms with Crippen LogP contribution in [0.1, 0.15) is 57.4 Å². The molecule has 0 spiro atoms. The Labute approximate surface area is 174 Å². The Balaban J connectivity index is 1.42. The van der Waals surface area contributed by atoms with Crippen LogP contribution in [0.4, 0.5) is 5.95 Å². The first-order chi connectivity index (χ1) is 14.2. The Kier molecular flexibility index (Phi) is 6.98. The van der Waals surface area contributed by atoms with Crippen molar-refractivity contribution in [2.24, 2.45) is 5.92 Å². The van der Waals surface area contributed by atoms with Crippen molar-refractivity contribution in [3.63, 3.8) is 0 Å². The van der Waals surface area contributed by atoms with Gasteiger partial charge in [-0.25, -0.2) is 9.97 Å². The first-order valence-electron chi connectivity index (χ1n) is 11.4. The summed E-state index contributed by atoms with van der Waals surface area (Å²) in [5.74, 6) is 1.00. The first kappa shape index (κ1) is 20.5. The summed E-state index contributed by atoms with van der Waals surface area (Å²) in [5.41, 5.74) is 1.15. The van der Waals surface area contributed by atoms with E-state index < -0.39 is 0 Å². The second-order valence-corrected chi connectivity index (χ2v) is 8.82. The molecule has 7 heteroatoms. The molecule has 0 aromatic carbocycles. The summed E-state index contributed by atoms with van der Waals surface area (Å²) >= 11 is 0. The number of aromatic nitrogens is 2. The molecule has 1 aromatic rings. The fourth-order valence-electron chi connectivity index (χ4n) is 4.57. The molecule has 1 amide bonds. The molecule has 7 nitrogen and oxygen atoms in total. The predicted molar refractivity (Wildman–Crippen MR) is 113 cm³/mol. The van der Waals surface area contributed by atoms with E-state index >= 15 is 0 Å². The van der Waals surface area contributed by atoms with Crippen molar-refractivity contribution in [2.75, 3.05) is 31.6 Å². The predicted octanol–water partition coefficient (Wildman–Crippen LogP) is 2.38. The number of carbonyl (C=O) groups excluding carboxylic acids is 1. The molecule has 4 rings (SSSR count). The Bertz CT molecular complexity index is 658. The van der Waals surface area contributed by atoms with Gasteiger partial charge in [0.25, 0.3) is 0 Å². The summed E-state index contributed by atoms with van der Waals surface area (Å²) < 4.78 is 5.57. The molecular formula is C22H35N5O2. The number of hydrogen-bond acceptors (Lipinski definition) is 6. The van der Waals surface area contributed by atoms with Gasteiger partial charge in [-0.1, -0.05) is 6.92 Å². The third-order valence-electron chi connectivity index (χ3n) is 6.75. The molecule has 2 atom stereocenters. The zero-order valence-electron chi connectivity index (χ0n) is 17.6. The molecule has 1 saturated carbocycles. The van der Waals surface area contributed by atoms with Crippen LogP contribution in [0.5, 0.6) is 0 Å². The van der Waals surface area contributed by atoms with E-state index in [2.05, 4.69) is 32.4 Å². The molecule has 2 N–H and O–H groups in total. The van der Waals surface area contributed by atoms with E-state index in [4.69, 9.17) is 4.74 Å². The number of amides is 1. The molecule has 2 aliphatic heterocycles. The number of ether oxygens (including phenoxy) is 1. The van der Waals surface area contributed by atoms with E-state index in [-0.39, 0.29) is 17.9 Å². The Morgan fingerprint density at radius 1 is 1.07 bits per heavy atom. The lowest BCUT2D eigenvalue weighted by Crippen LogP contribution is -2.48. The number of likely N-dealkylation sites (tertiary alicyclic amines) is 1. The van der Waals surface area contributed by atoms with Crippen molar-refractivity contribution in [2.45, 2.75) is 76.4 Å². The summed E-state index contributed by atoms with van der Waals surface area (Å²) in [5, 5.41) is 6.82. The SMILES string of the molecule is CCc1cnc(N[C@H]2CC[C@@H](C(=O)NC3CCC3)CN(C3CCOCC3)C2)nc1. The van der Waals surface area contributed by atoms with Gasteiger partial charge in [0.15, 0.2) is 0 Å². The second-order valence-electron chi connectivity index (χ2n) is 8.82. The lowest BCUT2D eigenvalue weighted by Gasteiger charge is -2.36. The molecule has 3 aliphatic rings.